The van der Waals surface area contributed by atoms with Crippen molar-refractivity contribution in [2.45, 2.75) is 50.2 Å². The summed E-state index contributed by atoms with van der Waals surface area (Å²) in [6, 6.07) is 11.5. The molecule has 3 nitrogen and oxygen atoms in total. The molecule has 2 bridgehead atoms. The van der Waals surface area contributed by atoms with Crippen molar-refractivity contribution in [3.63, 3.8) is 0 Å². The number of likely N-dealkylation sites (tertiary alicyclic amines) is 1. The van der Waals surface area contributed by atoms with E-state index in [1.54, 1.807) is 11.3 Å². The fourth-order valence-corrected chi connectivity index (χ4v) is 7.58. The second-order valence-electron chi connectivity index (χ2n) is 9.20. The molecule has 26 heavy (non-hydrogen) atoms. The molecule has 0 amide bonds. The van der Waals surface area contributed by atoms with Crippen LogP contribution in [0.25, 0.3) is 10.9 Å². The van der Waals surface area contributed by atoms with Crippen LogP contribution in [0.5, 0.6) is 0 Å². The average molecular weight is 350 g/mol. The molecule has 2 aromatic rings. The zero-order chi connectivity index (χ0) is 17.3. The summed E-state index contributed by atoms with van der Waals surface area (Å²) in [4.78, 5) is 7.67. The number of hydrogen-bond acceptors (Lipinski definition) is 0. The third kappa shape index (κ3) is 1.96. The minimum atomic E-state index is 0.712. The highest BCUT2D eigenvalue weighted by Crippen LogP contribution is 2.45. The molecule has 5 heterocycles. The first-order valence-corrected chi connectivity index (χ1v) is 10.8. The van der Waals surface area contributed by atoms with Gasteiger partial charge in [-0.05, 0) is 37.0 Å². The van der Waals surface area contributed by atoms with Crippen LogP contribution >= 0.6 is 0 Å². The highest BCUT2D eigenvalue weighted by atomic mass is 15.3. The smallest absolute Gasteiger partial charge is 0.137 e. The number of nitrogens with one attached hydrogen (secondary N) is 3. The number of fused-ring (bicyclic) bond motifs is 4. The van der Waals surface area contributed by atoms with Crippen LogP contribution in [0, 0.1) is 11.8 Å². The summed E-state index contributed by atoms with van der Waals surface area (Å²) in [5.41, 5.74) is 4.60. The van der Waals surface area contributed by atoms with E-state index in [0.717, 1.165) is 30.5 Å². The molecule has 7 atom stereocenters. The van der Waals surface area contributed by atoms with Gasteiger partial charge in [-0.1, -0.05) is 24.8 Å². The van der Waals surface area contributed by atoms with Crippen LogP contribution in [-0.2, 0) is 6.42 Å². The van der Waals surface area contributed by atoms with Gasteiger partial charge in [-0.3, -0.25) is 0 Å². The van der Waals surface area contributed by atoms with Crippen LogP contribution in [0.2, 0.25) is 0 Å². The first-order chi connectivity index (χ1) is 12.9. The second kappa shape index (κ2) is 5.71. The molecule has 0 radical (unpaired) electrons. The van der Waals surface area contributed by atoms with Gasteiger partial charge >= 0.3 is 0 Å². The average Bonchev–Trinajstić information content (AvgIpc) is 3.08. The van der Waals surface area contributed by atoms with Crippen molar-refractivity contribution in [1.29, 1.82) is 0 Å². The second-order valence-corrected chi connectivity index (χ2v) is 9.20. The molecular weight excluding hydrogens is 318 g/mol. The van der Waals surface area contributed by atoms with Gasteiger partial charge in [0.2, 0.25) is 0 Å². The number of hydrogen-bond donors (Lipinski definition) is 3. The van der Waals surface area contributed by atoms with Gasteiger partial charge in [-0.25, -0.2) is 0 Å². The van der Waals surface area contributed by atoms with E-state index in [4.69, 9.17) is 0 Å². The number of piperidine rings is 3. The molecule has 1 aliphatic carbocycles. The number of aromatic amines is 1. The standard InChI is InChI=1S/C23H29N3/c1-2-12-25-13-5-7-17-20-10-9-18(22(17)25)23-21-16(11-14-26(20)23)15-6-3-4-8-19(15)24-21/h2-4,6,8,17-18,20,22-24H,1,5,7,9-14H2/p+2/t17-,18-,20-,22-,23+/m0/s1. The lowest BCUT2D eigenvalue weighted by molar-refractivity contribution is -1.01. The molecule has 1 aromatic heterocycles. The van der Waals surface area contributed by atoms with Gasteiger partial charge in [0.15, 0.2) is 0 Å². The summed E-state index contributed by atoms with van der Waals surface area (Å²) in [6.07, 6.45) is 9.23. The van der Waals surface area contributed by atoms with Crippen LogP contribution in [-0.4, -0.2) is 36.7 Å². The van der Waals surface area contributed by atoms with Gasteiger partial charge in [-0.2, -0.15) is 0 Å². The van der Waals surface area contributed by atoms with E-state index in [-0.39, 0.29) is 0 Å². The Bertz CT molecular complexity index is 852. The zero-order valence-electron chi connectivity index (χ0n) is 15.6. The SMILES string of the molecule is C=CC[NH+]1CCC[C@@H]2[C@H]1[C@@H]1CC[C@@H]2[NH+]2CCc3c([nH]c4ccccc34)[C@@H]12. The molecule has 3 saturated heterocycles. The monoisotopic (exact) mass is 349 g/mol. The largest absolute Gasteiger partial charge is 0.353 e. The topological polar surface area (TPSA) is 24.7 Å². The van der Waals surface area contributed by atoms with Gasteiger partial charge in [0.05, 0.1) is 43.2 Å². The maximum absolute atomic E-state index is 4.07. The summed E-state index contributed by atoms with van der Waals surface area (Å²) in [5.74, 6) is 1.80. The van der Waals surface area contributed by atoms with E-state index in [9.17, 15) is 0 Å². The number of benzene rings is 1. The van der Waals surface area contributed by atoms with E-state index >= 15 is 0 Å². The highest BCUT2D eigenvalue weighted by Gasteiger charge is 2.62. The maximum atomic E-state index is 4.07. The van der Waals surface area contributed by atoms with Gasteiger partial charge in [0, 0.05) is 23.7 Å². The summed E-state index contributed by atoms with van der Waals surface area (Å²) in [6.45, 7) is 7.93. The highest BCUT2D eigenvalue weighted by molar-refractivity contribution is 5.85. The van der Waals surface area contributed by atoms with Crippen LogP contribution in [0.4, 0.5) is 0 Å². The number of quaternary nitrogens is 2. The van der Waals surface area contributed by atoms with Crippen LogP contribution < -0.4 is 9.80 Å². The Morgan fingerprint density at radius 3 is 2.96 bits per heavy atom. The van der Waals surface area contributed by atoms with Gasteiger partial charge < -0.3 is 14.8 Å². The number of rotatable bonds is 2. The minimum Gasteiger partial charge on any atom is -0.353 e. The predicted octanol–water partition coefficient (Wildman–Crippen LogP) is 1.29. The van der Waals surface area contributed by atoms with Crippen molar-refractivity contribution in [2.75, 3.05) is 19.6 Å². The van der Waals surface area contributed by atoms with Gasteiger partial charge in [0.25, 0.3) is 0 Å². The number of H-pyrrole nitrogens is 1. The predicted molar refractivity (Wildman–Crippen MR) is 104 cm³/mol. The van der Waals surface area contributed by atoms with E-state index in [0.29, 0.717) is 6.04 Å². The molecule has 4 fully saturated rings. The fourth-order valence-electron chi connectivity index (χ4n) is 7.58. The van der Waals surface area contributed by atoms with Gasteiger partial charge in [-0.15, -0.1) is 0 Å². The van der Waals surface area contributed by atoms with E-state index in [2.05, 4.69) is 41.9 Å². The normalized spacial score (nSPS) is 40.7. The fraction of sp³-hybridized carbons (Fsp3) is 0.565. The third-order valence-corrected chi connectivity index (χ3v) is 8.29. The van der Waals surface area contributed by atoms with Crippen LogP contribution in [0.1, 0.15) is 43.0 Å². The van der Waals surface area contributed by atoms with E-state index in [1.807, 2.05) is 9.80 Å². The molecule has 3 N–H and O–H groups in total. The van der Waals surface area contributed by atoms with Crippen molar-refractivity contribution < 1.29 is 9.80 Å². The molecule has 1 aromatic carbocycles. The van der Waals surface area contributed by atoms with Crippen molar-refractivity contribution in [3.8, 4) is 0 Å². The quantitative estimate of drug-likeness (QED) is 0.681. The molecule has 7 rings (SSSR count). The van der Waals surface area contributed by atoms with Gasteiger partial charge in [0.1, 0.15) is 12.1 Å². The molecular formula is C23H31N3+2. The summed E-state index contributed by atoms with van der Waals surface area (Å²) in [5, 5.41) is 1.48. The molecule has 5 aliphatic rings. The molecule has 3 heteroatoms. The first-order valence-electron chi connectivity index (χ1n) is 10.8. The van der Waals surface area contributed by atoms with Crippen LogP contribution in [0.3, 0.4) is 0 Å². The molecule has 0 spiro atoms. The Morgan fingerprint density at radius 2 is 2.04 bits per heavy atom. The minimum absolute atomic E-state index is 0.712. The van der Waals surface area contributed by atoms with Crippen molar-refractivity contribution in [1.82, 2.24) is 4.98 Å². The van der Waals surface area contributed by atoms with Crippen molar-refractivity contribution in [3.05, 3.63) is 48.2 Å². The molecule has 2 unspecified atom stereocenters. The van der Waals surface area contributed by atoms with Crippen molar-refractivity contribution in [2.24, 2.45) is 11.8 Å². The summed E-state index contributed by atoms with van der Waals surface area (Å²) < 4.78 is 0. The lowest BCUT2D eigenvalue weighted by Gasteiger charge is -2.59. The number of para-hydroxylation sites is 1. The lowest BCUT2D eigenvalue weighted by atomic mass is 9.60. The Morgan fingerprint density at radius 1 is 1.12 bits per heavy atom. The Labute approximate surface area is 156 Å². The zero-order valence-corrected chi connectivity index (χ0v) is 15.6. The lowest BCUT2D eigenvalue weighted by Crippen LogP contribution is -3.27. The molecule has 136 valence electrons. The summed E-state index contributed by atoms with van der Waals surface area (Å²) in [7, 11) is 0. The summed E-state index contributed by atoms with van der Waals surface area (Å²) >= 11 is 0. The molecule has 4 aliphatic heterocycles. The first kappa shape index (κ1) is 15.5. The Hall–Kier alpha value is -1.58. The third-order valence-electron chi connectivity index (χ3n) is 8.29. The van der Waals surface area contributed by atoms with Crippen LogP contribution in [0.15, 0.2) is 36.9 Å². The Balaban J connectivity index is 1.47. The molecule has 1 saturated carbocycles. The van der Waals surface area contributed by atoms with E-state index in [1.165, 1.54) is 56.1 Å². The Kier molecular flexibility index (Phi) is 3.40. The van der Waals surface area contributed by atoms with Crippen molar-refractivity contribution >= 4 is 10.9 Å². The maximum Gasteiger partial charge on any atom is 0.137 e. The number of aromatic nitrogens is 1. The van der Waals surface area contributed by atoms with E-state index < -0.39 is 0 Å².